The molecule has 1 aromatic carbocycles. The Hall–Kier alpha value is -0.740. The van der Waals surface area contributed by atoms with Gasteiger partial charge in [0, 0.05) is 18.0 Å². The summed E-state index contributed by atoms with van der Waals surface area (Å²) in [5.74, 6) is -0.640. The fourth-order valence-corrected chi connectivity index (χ4v) is 1.62. The van der Waals surface area contributed by atoms with Gasteiger partial charge in [0.2, 0.25) is 6.43 Å². The molecule has 0 aliphatic rings. The van der Waals surface area contributed by atoms with Crippen LogP contribution in [-0.2, 0) is 0 Å². The molecule has 0 unspecified atom stereocenters. The molecule has 0 radical (unpaired) electrons. The van der Waals surface area contributed by atoms with Crippen LogP contribution in [0, 0.1) is 12.7 Å². The number of aryl methyl sites for hydroxylation is 1. The second-order valence-electron chi connectivity index (χ2n) is 3.33. The number of alkyl halides is 2. The van der Waals surface area contributed by atoms with Crippen molar-refractivity contribution in [3.05, 3.63) is 34.1 Å². The lowest BCUT2D eigenvalue weighted by molar-refractivity contribution is 0.128. The van der Waals surface area contributed by atoms with Gasteiger partial charge in [0.05, 0.1) is 5.02 Å². The summed E-state index contributed by atoms with van der Waals surface area (Å²) in [6, 6.07) is 1.59. The van der Waals surface area contributed by atoms with Gasteiger partial charge < -0.3 is 5.73 Å². The van der Waals surface area contributed by atoms with Crippen LogP contribution in [0.4, 0.5) is 13.2 Å². The number of hydrogen-bond acceptors (Lipinski definition) is 1. The van der Waals surface area contributed by atoms with Gasteiger partial charge in [-0.15, -0.1) is 0 Å². The Kier molecular flexibility index (Phi) is 3.99. The van der Waals surface area contributed by atoms with Gasteiger partial charge in [-0.2, -0.15) is 0 Å². The third kappa shape index (κ3) is 2.86. The van der Waals surface area contributed by atoms with Crippen molar-refractivity contribution >= 4 is 11.6 Å². The van der Waals surface area contributed by atoms with Crippen molar-refractivity contribution in [1.29, 1.82) is 0 Å². The van der Waals surface area contributed by atoms with E-state index in [1.807, 2.05) is 0 Å². The summed E-state index contributed by atoms with van der Waals surface area (Å²) < 4.78 is 37.5. The fraction of sp³-hybridized carbons (Fsp3) is 0.400. The first-order chi connectivity index (χ1) is 6.93. The van der Waals surface area contributed by atoms with Crippen molar-refractivity contribution in [1.82, 2.24) is 0 Å². The van der Waals surface area contributed by atoms with Gasteiger partial charge in [0.1, 0.15) is 5.82 Å². The minimum atomic E-state index is -2.57. The molecule has 1 aromatic rings. The standard InChI is InChI=1S/C10H11ClF3N/c1-5-2-3-6(12)9(10(5)11)7(15)4-8(13)14/h2-3,7-8H,4,15H2,1H3/t7-/m1/s1. The zero-order chi connectivity index (χ0) is 11.6. The lowest BCUT2D eigenvalue weighted by Gasteiger charge is -2.15. The summed E-state index contributed by atoms with van der Waals surface area (Å²) in [7, 11) is 0. The van der Waals surface area contributed by atoms with E-state index in [9.17, 15) is 13.2 Å². The second kappa shape index (κ2) is 4.86. The number of halogens is 4. The molecular weight excluding hydrogens is 227 g/mol. The van der Waals surface area contributed by atoms with Crippen LogP contribution >= 0.6 is 11.6 Å². The summed E-state index contributed by atoms with van der Waals surface area (Å²) in [6.45, 7) is 1.67. The first kappa shape index (κ1) is 12.3. The summed E-state index contributed by atoms with van der Waals surface area (Å²) in [5.41, 5.74) is 6.05. The summed E-state index contributed by atoms with van der Waals surface area (Å²) >= 11 is 5.81. The molecule has 0 aliphatic carbocycles. The normalized spacial score (nSPS) is 13.3. The highest BCUT2D eigenvalue weighted by Crippen LogP contribution is 2.30. The smallest absolute Gasteiger partial charge is 0.240 e. The van der Waals surface area contributed by atoms with Gasteiger partial charge in [-0.05, 0) is 18.6 Å². The highest BCUT2D eigenvalue weighted by Gasteiger charge is 2.20. The van der Waals surface area contributed by atoms with E-state index >= 15 is 0 Å². The molecule has 15 heavy (non-hydrogen) atoms. The molecule has 0 fully saturated rings. The molecule has 0 aliphatic heterocycles. The Morgan fingerprint density at radius 1 is 1.40 bits per heavy atom. The van der Waals surface area contributed by atoms with Crippen LogP contribution in [0.2, 0.25) is 5.02 Å². The van der Waals surface area contributed by atoms with Gasteiger partial charge in [0.15, 0.2) is 0 Å². The van der Waals surface area contributed by atoms with E-state index in [1.165, 1.54) is 12.1 Å². The van der Waals surface area contributed by atoms with Crippen LogP contribution in [0.5, 0.6) is 0 Å². The first-order valence-electron chi connectivity index (χ1n) is 4.41. The molecule has 2 N–H and O–H groups in total. The molecule has 5 heteroatoms. The molecule has 84 valence electrons. The van der Waals surface area contributed by atoms with Crippen LogP contribution in [0.1, 0.15) is 23.6 Å². The van der Waals surface area contributed by atoms with Gasteiger partial charge in [-0.25, -0.2) is 13.2 Å². The van der Waals surface area contributed by atoms with Crippen molar-refractivity contribution in [2.24, 2.45) is 5.73 Å². The third-order valence-corrected chi connectivity index (χ3v) is 2.62. The lowest BCUT2D eigenvalue weighted by atomic mass is 10.0. The van der Waals surface area contributed by atoms with Gasteiger partial charge >= 0.3 is 0 Å². The van der Waals surface area contributed by atoms with E-state index in [-0.39, 0.29) is 10.6 Å². The average molecular weight is 238 g/mol. The molecule has 1 atom stereocenters. The summed E-state index contributed by atoms with van der Waals surface area (Å²) in [6.07, 6.45) is -3.17. The predicted molar refractivity (Wildman–Crippen MR) is 53.7 cm³/mol. The first-order valence-corrected chi connectivity index (χ1v) is 4.79. The number of hydrogen-bond donors (Lipinski definition) is 1. The van der Waals surface area contributed by atoms with Crippen molar-refractivity contribution in [2.45, 2.75) is 25.8 Å². The molecule has 0 aromatic heterocycles. The Morgan fingerprint density at radius 3 is 2.53 bits per heavy atom. The molecule has 0 saturated carbocycles. The van der Waals surface area contributed by atoms with Crippen molar-refractivity contribution in [2.75, 3.05) is 0 Å². The average Bonchev–Trinajstić information content (AvgIpc) is 2.11. The van der Waals surface area contributed by atoms with E-state index in [2.05, 4.69) is 0 Å². The van der Waals surface area contributed by atoms with Gasteiger partial charge in [-0.1, -0.05) is 17.7 Å². The molecular formula is C10H11ClF3N. The van der Waals surface area contributed by atoms with Crippen LogP contribution in [0.3, 0.4) is 0 Å². The van der Waals surface area contributed by atoms with E-state index in [1.54, 1.807) is 6.92 Å². The van der Waals surface area contributed by atoms with Gasteiger partial charge in [-0.3, -0.25) is 0 Å². The largest absolute Gasteiger partial charge is 0.324 e. The summed E-state index contributed by atoms with van der Waals surface area (Å²) in [5, 5.41) is 0.128. The monoisotopic (exact) mass is 237 g/mol. The van der Waals surface area contributed by atoms with Crippen molar-refractivity contribution in [3.63, 3.8) is 0 Å². The number of benzene rings is 1. The quantitative estimate of drug-likeness (QED) is 0.856. The zero-order valence-electron chi connectivity index (χ0n) is 8.11. The van der Waals surface area contributed by atoms with E-state index in [0.29, 0.717) is 5.56 Å². The minimum Gasteiger partial charge on any atom is -0.324 e. The molecule has 0 spiro atoms. The van der Waals surface area contributed by atoms with E-state index in [4.69, 9.17) is 17.3 Å². The maximum Gasteiger partial charge on any atom is 0.240 e. The second-order valence-corrected chi connectivity index (χ2v) is 3.70. The molecule has 1 rings (SSSR count). The van der Waals surface area contributed by atoms with Crippen molar-refractivity contribution in [3.8, 4) is 0 Å². The third-order valence-electron chi connectivity index (χ3n) is 2.12. The summed E-state index contributed by atoms with van der Waals surface area (Å²) in [4.78, 5) is 0. The SMILES string of the molecule is Cc1ccc(F)c([C@H](N)CC(F)F)c1Cl. The lowest BCUT2D eigenvalue weighted by Crippen LogP contribution is -2.16. The van der Waals surface area contributed by atoms with E-state index < -0.39 is 24.7 Å². The predicted octanol–water partition coefficient (Wildman–Crippen LogP) is 3.44. The maximum atomic E-state index is 13.3. The molecule has 0 saturated heterocycles. The Bertz CT molecular complexity index is 355. The van der Waals surface area contributed by atoms with Crippen LogP contribution < -0.4 is 5.73 Å². The van der Waals surface area contributed by atoms with Crippen LogP contribution in [0.25, 0.3) is 0 Å². The minimum absolute atomic E-state index is 0.0306. The van der Waals surface area contributed by atoms with Crippen molar-refractivity contribution < 1.29 is 13.2 Å². The maximum absolute atomic E-state index is 13.3. The highest BCUT2D eigenvalue weighted by atomic mass is 35.5. The molecule has 0 amide bonds. The highest BCUT2D eigenvalue weighted by molar-refractivity contribution is 6.32. The Labute approximate surface area is 91.0 Å². The Morgan fingerprint density at radius 2 is 2.00 bits per heavy atom. The number of nitrogens with two attached hydrogens (primary N) is 1. The topological polar surface area (TPSA) is 26.0 Å². The van der Waals surface area contributed by atoms with E-state index in [0.717, 1.165) is 0 Å². The fourth-order valence-electron chi connectivity index (χ4n) is 1.33. The van der Waals surface area contributed by atoms with Crippen LogP contribution in [0.15, 0.2) is 12.1 Å². The van der Waals surface area contributed by atoms with Gasteiger partial charge in [0.25, 0.3) is 0 Å². The molecule has 1 nitrogen and oxygen atoms in total. The van der Waals surface area contributed by atoms with Crippen LogP contribution in [-0.4, -0.2) is 6.43 Å². The molecule has 0 bridgehead atoms. The number of rotatable bonds is 3. The Balaban J connectivity index is 3.07. The molecule has 0 heterocycles. The zero-order valence-corrected chi connectivity index (χ0v) is 8.86.